The number of hydrogen-bond donors (Lipinski definition) is 0. The van der Waals surface area contributed by atoms with Crippen LogP contribution < -0.4 is 24.0 Å². The summed E-state index contributed by atoms with van der Waals surface area (Å²) in [6.07, 6.45) is 7.55. The van der Waals surface area contributed by atoms with Gasteiger partial charge in [0, 0.05) is 0 Å². The fraction of sp³-hybridized carbons (Fsp3) is 0.846. The van der Waals surface area contributed by atoms with Crippen LogP contribution in [-0.4, -0.2) is 5.60 Å². The smallest absolute Gasteiger partial charge is 0.849 e. The Morgan fingerprint density at radius 2 is 1.67 bits per heavy atom. The van der Waals surface area contributed by atoms with E-state index < -0.39 is 5.60 Å². The molecule has 0 aliphatic rings. The predicted octanol–water partition coefficient (Wildman–Crippen LogP) is 1.17. The summed E-state index contributed by atoms with van der Waals surface area (Å²) in [6, 6.07) is 0. The summed E-state index contributed by atoms with van der Waals surface area (Å²) in [5.74, 6) is 0. The normalized spacial score (nSPS) is 12.5. The van der Waals surface area contributed by atoms with E-state index in [4.69, 9.17) is 0 Å². The molecule has 2 heteroatoms. The molecule has 0 N–H and O–H groups in total. The van der Waals surface area contributed by atoms with Crippen molar-refractivity contribution in [2.75, 3.05) is 0 Å². The van der Waals surface area contributed by atoms with Crippen LogP contribution in [0.1, 0.15) is 68.7 Å². The molecule has 0 saturated carbocycles. The summed E-state index contributed by atoms with van der Waals surface area (Å²) in [7, 11) is 0. The second kappa shape index (κ2) is 16.7. The largest absolute Gasteiger partial charge is 1.00 e. The number of rotatable bonds is 5. The maximum atomic E-state index is 11.6. The van der Waals surface area contributed by atoms with E-state index in [1.165, 1.54) is 0 Å². The molecular weight excluding hydrogens is 179 g/mol. The van der Waals surface area contributed by atoms with Crippen LogP contribution in [0.5, 0.6) is 0 Å². The van der Waals surface area contributed by atoms with E-state index in [-0.39, 0.29) is 41.1 Å². The van der Waals surface area contributed by atoms with Crippen LogP contribution in [0.4, 0.5) is 0 Å². The minimum atomic E-state index is -0.734. The zero-order chi connectivity index (χ0) is 8.74. The second-order valence-corrected chi connectivity index (χ2v) is 3.33. The molecule has 0 rings (SSSR count). The molecule has 0 aromatic heterocycles. The molecule has 1 atom stereocenters. The maximum Gasteiger partial charge on any atom is 1.00 e. The van der Waals surface area contributed by atoms with Crippen molar-refractivity contribution in [3.63, 3.8) is 0 Å². The van der Waals surface area contributed by atoms with Gasteiger partial charge in [0.1, 0.15) is 0 Å². The van der Waals surface area contributed by atoms with Crippen molar-refractivity contribution in [1.29, 1.82) is 0 Å². The van der Waals surface area contributed by atoms with Gasteiger partial charge in [-0.3, -0.25) is 0 Å². The summed E-state index contributed by atoms with van der Waals surface area (Å²) in [5.41, 5.74) is -0.734. The Labute approximate surface area is 111 Å². The Kier molecular flexibility index (Phi) is 32.9. The summed E-state index contributed by atoms with van der Waals surface area (Å²) in [4.78, 5) is 0. The molecule has 15 heavy (non-hydrogen) atoms. The first-order valence-corrected chi connectivity index (χ1v) is 4.44. The second-order valence-electron chi connectivity index (χ2n) is 3.33. The molecule has 0 spiro atoms. The van der Waals surface area contributed by atoms with Gasteiger partial charge in [-0.25, -0.2) is 0 Å². The average Bonchev–Trinajstić information content (AvgIpc) is 1.97. The van der Waals surface area contributed by atoms with E-state index in [9.17, 15) is 5.11 Å². The van der Waals surface area contributed by atoms with Crippen LogP contribution in [0, 0.1) is 0 Å². The molecule has 90 valence electrons. The van der Waals surface area contributed by atoms with Gasteiger partial charge in [0.25, 0.3) is 0 Å². The summed E-state index contributed by atoms with van der Waals surface area (Å²) in [5, 5.41) is 11.6. The van der Waals surface area contributed by atoms with Gasteiger partial charge in [0.05, 0.1) is 0 Å². The summed E-state index contributed by atoms with van der Waals surface area (Å²) >= 11 is 0. The van der Waals surface area contributed by atoms with Crippen LogP contribution >= 0.6 is 0 Å². The van der Waals surface area contributed by atoms with Crippen molar-refractivity contribution in [3.8, 4) is 0 Å². The molecule has 0 aliphatic heterocycles. The molecule has 0 saturated heterocycles. The first kappa shape index (κ1) is 29.5. The SMILES string of the molecule is C.C.C.C/C=C/CC(C)([O-])CCCC.[Li+]. The first-order valence-electron chi connectivity index (χ1n) is 4.44. The van der Waals surface area contributed by atoms with Gasteiger partial charge in [0.15, 0.2) is 0 Å². The van der Waals surface area contributed by atoms with Gasteiger partial charge in [-0.1, -0.05) is 67.5 Å². The molecule has 1 nitrogen and oxygen atoms in total. The van der Waals surface area contributed by atoms with Crippen molar-refractivity contribution < 1.29 is 24.0 Å². The number of unbranched alkanes of at least 4 members (excludes halogenated alkanes) is 1. The third kappa shape index (κ3) is 20.4. The van der Waals surface area contributed by atoms with Crippen molar-refractivity contribution in [2.45, 2.75) is 74.3 Å². The Morgan fingerprint density at radius 1 is 1.20 bits per heavy atom. The van der Waals surface area contributed by atoms with E-state index >= 15 is 0 Å². The quantitative estimate of drug-likeness (QED) is 0.493. The van der Waals surface area contributed by atoms with Crippen LogP contribution in [0.2, 0.25) is 0 Å². The molecule has 0 aromatic carbocycles. The third-order valence-electron chi connectivity index (χ3n) is 1.84. The predicted molar refractivity (Wildman–Crippen MR) is 67.6 cm³/mol. The number of hydrogen-bond acceptors (Lipinski definition) is 1. The van der Waals surface area contributed by atoms with Crippen LogP contribution in [0.15, 0.2) is 12.2 Å². The molecule has 0 amide bonds. The van der Waals surface area contributed by atoms with Gasteiger partial charge < -0.3 is 5.11 Å². The van der Waals surface area contributed by atoms with Gasteiger partial charge in [-0.15, -0.1) is 5.60 Å². The van der Waals surface area contributed by atoms with Gasteiger partial charge >= 0.3 is 18.9 Å². The Morgan fingerprint density at radius 3 is 2.00 bits per heavy atom. The number of allylic oxidation sites excluding steroid dienone is 1. The third-order valence-corrected chi connectivity index (χ3v) is 1.84. The zero-order valence-electron chi connectivity index (χ0n) is 8.89. The molecule has 0 aliphatic carbocycles. The van der Waals surface area contributed by atoms with Crippen molar-refractivity contribution in [2.24, 2.45) is 0 Å². The fourth-order valence-electron chi connectivity index (χ4n) is 1.02. The zero-order valence-corrected chi connectivity index (χ0v) is 8.89. The Balaban J connectivity index is -0.0000000833. The Hall–Kier alpha value is 0.297. The van der Waals surface area contributed by atoms with Gasteiger partial charge in [-0.05, 0) is 13.3 Å². The van der Waals surface area contributed by atoms with Crippen LogP contribution in [0.25, 0.3) is 0 Å². The van der Waals surface area contributed by atoms with E-state index in [0.717, 1.165) is 19.3 Å². The minimum absolute atomic E-state index is 0. The fourth-order valence-corrected chi connectivity index (χ4v) is 1.02. The molecule has 0 heterocycles. The molecule has 0 radical (unpaired) electrons. The minimum Gasteiger partial charge on any atom is -0.849 e. The molecule has 1 unspecified atom stereocenters. The topological polar surface area (TPSA) is 23.1 Å². The van der Waals surface area contributed by atoms with Crippen molar-refractivity contribution >= 4 is 0 Å². The van der Waals surface area contributed by atoms with E-state index in [1.807, 2.05) is 19.1 Å². The Bertz CT molecular complexity index is 120. The van der Waals surface area contributed by atoms with E-state index in [1.54, 1.807) is 6.92 Å². The first-order chi connectivity index (χ1) is 5.12. The summed E-state index contributed by atoms with van der Waals surface area (Å²) in [6.45, 7) is 5.87. The van der Waals surface area contributed by atoms with Crippen molar-refractivity contribution in [3.05, 3.63) is 12.2 Å². The summed E-state index contributed by atoms with van der Waals surface area (Å²) < 4.78 is 0. The van der Waals surface area contributed by atoms with Gasteiger partial charge in [-0.2, -0.15) is 0 Å². The van der Waals surface area contributed by atoms with Crippen LogP contribution in [0.3, 0.4) is 0 Å². The van der Waals surface area contributed by atoms with E-state index in [0.29, 0.717) is 6.42 Å². The molecule has 0 bridgehead atoms. The molecule has 0 fully saturated rings. The van der Waals surface area contributed by atoms with Gasteiger partial charge in [0.2, 0.25) is 0 Å². The van der Waals surface area contributed by atoms with Crippen molar-refractivity contribution in [1.82, 2.24) is 0 Å². The monoisotopic (exact) mass is 210 g/mol. The standard InChI is InChI=1S/C10H19O.3CH4.Li/c1-4-6-8-10(3,11)9-7-5-2;;;;/h4,6H,5,7-9H2,1-3H3;3*1H4;/q-1;;;;+1/b6-4+;;;;. The molecular formula is C13H31LiO. The van der Waals surface area contributed by atoms with Crippen LogP contribution in [-0.2, 0) is 0 Å². The maximum absolute atomic E-state index is 11.6. The molecule has 0 aromatic rings. The average molecular weight is 210 g/mol. The van der Waals surface area contributed by atoms with E-state index in [2.05, 4.69) is 6.92 Å².